The molecule has 0 aromatic heterocycles. The molecule has 1 spiro atoms. The van der Waals surface area contributed by atoms with Gasteiger partial charge in [-0.15, -0.1) is 0 Å². The zero-order chi connectivity index (χ0) is 30.5. The summed E-state index contributed by atoms with van der Waals surface area (Å²) in [6.07, 6.45) is 2.30. The lowest BCUT2D eigenvalue weighted by Crippen LogP contribution is -2.85. The van der Waals surface area contributed by atoms with Crippen LogP contribution in [0.4, 0.5) is 0 Å². The quantitative estimate of drug-likeness (QED) is 0.202. The fraction of sp³-hybridized carbons (Fsp3) is 0.906. The van der Waals surface area contributed by atoms with Gasteiger partial charge < -0.3 is 40.1 Å². The van der Waals surface area contributed by atoms with E-state index in [0.717, 1.165) is 6.42 Å². The molecule has 0 aromatic carbocycles. The molecule has 0 amide bonds. The molecule has 7 rings (SSSR count). The number of piperidine rings is 2. The molecule has 4 saturated carbocycles. The van der Waals surface area contributed by atoms with Crippen LogP contribution in [0.3, 0.4) is 0 Å². The fourth-order valence-corrected chi connectivity index (χ4v) is 11.8. The number of ether oxygens (including phenoxy) is 2. The Morgan fingerprint density at radius 1 is 0.952 bits per heavy atom. The largest absolute Gasteiger partial charge is 0.453 e. The molecule has 7 aliphatic rings. The van der Waals surface area contributed by atoms with Gasteiger partial charge in [-0.3, -0.25) is 4.90 Å². The Morgan fingerprint density at radius 3 is 2.33 bits per heavy atom. The van der Waals surface area contributed by atoms with Crippen LogP contribution in [0.15, 0.2) is 11.6 Å². The van der Waals surface area contributed by atoms with Crippen LogP contribution in [-0.2, 0) is 14.3 Å². The summed E-state index contributed by atoms with van der Waals surface area (Å²) in [5, 5.41) is 73.9. The van der Waals surface area contributed by atoms with Crippen LogP contribution in [0, 0.1) is 29.1 Å². The predicted octanol–water partition coefficient (Wildman–Crippen LogP) is 0.991. The Kier molecular flexibility index (Phi) is 6.04. The number of nitrogens with zero attached hydrogens (tertiary/aromatic N) is 1. The van der Waals surface area contributed by atoms with Crippen molar-refractivity contribution in [1.82, 2.24) is 4.90 Å². The van der Waals surface area contributed by atoms with Gasteiger partial charge in [0.2, 0.25) is 5.79 Å². The van der Waals surface area contributed by atoms with Crippen molar-refractivity contribution in [3.05, 3.63) is 11.6 Å². The summed E-state index contributed by atoms with van der Waals surface area (Å²) in [6, 6.07) is -0.387. The molecule has 7 fully saturated rings. The van der Waals surface area contributed by atoms with E-state index in [1.807, 2.05) is 6.92 Å². The molecule has 4 aliphatic carbocycles. The normalized spacial score (nSPS) is 60.3. The molecule has 3 heterocycles. The van der Waals surface area contributed by atoms with Gasteiger partial charge >= 0.3 is 5.97 Å². The van der Waals surface area contributed by atoms with Gasteiger partial charge in [0.25, 0.3) is 0 Å². The number of hydrogen-bond acceptors (Lipinski definition) is 10. The maximum Gasteiger partial charge on any atom is 0.333 e. The zero-order valence-electron chi connectivity index (χ0n) is 25.5. The monoisotopic (exact) mass is 591 g/mol. The molecule has 0 aromatic rings. The highest BCUT2D eigenvalue weighted by Crippen LogP contribution is 2.78. The number of aliphatic hydroxyl groups is 6. The van der Waals surface area contributed by atoms with Crippen molar-refractivity contribution in [3.63, 3.8) is 0 Å². The molecule has 13 unspecified atom stereocenters. The molecule has 0 radical (unpaired) electrons. The van der Waals surface area contributed by atoms with Gasteiger partial charge in [-0.2, -0.15) is 0 Å². The SMILES string of the molecule is C/C=C(/C)C(=O)O[C@H]1CCC2(C)C3CCC4C5(O)CC(O)C6(O)C(CN7CC(C)CCC7C6(C)O)C5(O)CC42OC31O. The molecule has 10 heteroatoms. The zero-order valence-corrected chi connectivity index (χ0v) is 25.5. The first kappa shape index (κ1) is 29.6. The number of allylic oxidation sites excluding steroid dienone is 1. The van der Waals surface area contributed by atoms with Crippen molar-refractivity contribution in [2.75, 3.05) is 13.1 Å². The molecule has 3 aliphatic heterocycles. The molecular formula is C32H49NO9. The first-order valence-corrected chi connectivity index (χ1v) is 16.0. The van der Waals surface area contributed by atoms with Gasteiger partial charge in [-0.25, -0.2) is 4.79 Å². The molecule has 14 atom stereocenters. The number of esters is 1. The van der Waals surface area contributed by atoms with E-state index < -0.39 is 75.1 Å². The summed E-state index contributed by atoms with van der Waals surface area (Å²) in [7, 11) is 0. The first-order valence-electron chi connectivity index (χ1n) is 16.0. The summed E-state index contributed by atoms with van der Waals surface area (Å²) in [5.74, 6) is -4.05. The van der Waals surface area contributed by atoms with Gasteiger partial charge in [0.1, 0.15) is 22.4 Å². The third-order valence-corrected chi connectivity index (χ3v) is 14.1. The van der Waals surface area contributed by atoms with Gasteiger partial charge in [0.15, 0.2) is 6.10 Å². The van der Waals surface area contributed by atoms with Crippen LogP contribution >= 0.6 is 0 Å². The smallest absolute Gasteiger partial charge is 0.333 e. The molecular weight excluding hydrogens is 542 g/mol. The van der Waals surface area contributed by atoms with Crippen LogP contribution in [0.2, 0.25) is 0 Å². The number of aliphatic hydroxyl groups excluding tert-OH is 1. The van der Waals surface area contributed by atoms with E-state index in [1.165, 1.54) is 0 Å². The second-order valence-corrected chi connectivity index (χ2v) is 15.7. The highest BCUT2D eigenvalue weighted by Gasteiger charge is 2.88. The lowest BCUT2D eigenvalue weighted by Gasteiger charge is -2.68. The average Bonchev–Trinajstić information content (AvgIpc) is 3.09. The maximum atomic E-state index is 12.9. The Labute approximate surface area is 247 Å². The van der Waals surface area contributed by atoms with Crippen molar-refractivity contribution in [2.45, 2.75) is 138 Å². The number of carbonyl (C=O) groups is 1. The highest BCUT2D eigenvalue weighted by atomic mass is 16.7. The average molecular weight is 592 g/mol. The molecule has 3 saturated heterocycles. The Bertz CT molecular complexity index is 1220. The van der Waals surface area contributed by atoms with Gasteiger partial charge in [0.05, 0.1) is 11.7 Å². The first-order chi connectivity index (χ1) is 19.5. The van der Waals surface area contributed by atoms with E-state index in [0.29, 0.717) is 50.1 Å². The molecule has 4 bridgehead atoms. The minimum atomic E-state index is -2.06. The second kappa shape index (κ2) is 8.57. The highest BCUT2D eigenvalue weighted by molar-refractivity contribution is 5.87. The fourth-order valence-electron chi connectivity index (χ4n) is 11.8. The number of fused-ring (bicyclic) bond motifs is 5. The number of rotatable bonds is 2. The van der Waals surface area contributed by atoms with Crippen LogP contribution in [0.25, 0.3) is 0 Å². The second-order valence-electron chi connectivity index (χ2n) is 15.7. The van der Waals surface area contributed by atoms with Crippen LogP contribution in [-0.4, -0.2) is 107 Å². The van der Waals surface area contributed by atoms with E-state index in [-0.39, 0.29) is 25.4 Å². The topological polar surface area (TPSA) is 160 Å². The third-order valence-electron chi connectivity index (χ3n) is 14.1. The minimum absolute atomic E-state index is 0.0606. The molecule has 42 heavy (non-hydrogen) atoms. The van der Waals surface area contributed by atoms with E-state index >= 15 is 0 Å². The summed E-state index contributed by atoms with van der Waals surface area (Å²) in [5.41, 5.74) is -8.96. The number of carbonyl (C=O) groups excluding carboxylic acids is 1. The van der Waals surface area contributed by atoms with Crippen LogP contribution in [0.5, 0.6) is 0 Å². The molecule has 6 N–H and O–H groups in total. The Morgan fingerprint density at radius 2 is 1.64 bits per heavy atom. The number of hydrogen-bond donors (Lipinski definition) is 6. The van der Waals surface area contributed by atoms with Crippen LogP contribution < -0.4 is 0 Å². The minimum Gasteiger partial charge on any atom is -0.453 e. The van der Waals surface area contributed by atoms with E-state index in [1.54, 1.807) is 26.8 Å². The maximum absolute atomic E-state index is 12.9. The van der Waals surface area contributed by atoms with Crippen molar-refractivity contribution in [3.8, 4) is 0 Å². The third kappa shape index (κ3) is 3.07. The van der Waals surface area contributed by atoms with Crippen molar-refractivity contribution < 1.29 is 44.9 Å². The lowest BCUT2D eigenvalue weighted by molar-refractivity contribution is -0.354. The predicted molar refractivity (Wildman–Crippen MR) is 150 cm³/mol. The summed E-state index contributed by atoms with van der Waals surface area (Å²) in [6.45, 7) is 10.1. The van der Waals surface area contributed by atoms with Gasteiger partial charge in [-0.05, 0) is 65.2 Å². The molecule has 236 valence electrons. The van der Waals surface area contributed by atoms with Crippen molar-refractivity contribution in [1.29, 1.82) is 0 Å². The van der Waals surface area contributed by atoms with Crippen molar-refractivity contribution >= 4 is 5.97 Å². The Balaban J connectivity index is 1.32. The molecule has 10 nitrogen and oxygen atoms in total. The van der Waals surface area contributed by atoms with Gasteiger partial charge in [0, 0.05) is 60.7 Å². The Hall–Kier alpha value is -1.11. The van der Waals surface area contributed by atoms with Gasteiger partial charge in [-0.1, -0.05) is 19.9 Å². The lowest BCUT2D eigenvalue weighted by atomic mass is 9.49. The summed E-state index contributed by atoms with van der Waals surface area (Å²) in [4.78, 5) is 14.9. The van der Waals surface area contributed by atoms with Crippen LogP contribution in [0.1, 0.15) is 86.0 Å². The van der Waals surface area contributed by atoms with Crippen molar-refractivity contribution in [2.24, 2.45) is 29.1 Å². The van der Waals surface area contributed by atoms with E-state index in [9.17, 15) is 35.4 Å². The van der Waals surface area contributed by atoms with E-state index in [2.05, 4.69) is 11.8 Å². The summed E-state index contributed by atoms with van der Waals surface area (Å²) >= 11 is 0. The summed E-state index contributed by atoms with van der Waals surface area (Å²) < 4.78 is 12.6. The van der Waals surface area contributed by atoms with E-state index in [4.69, 9.17) is 9.47 Å². The standard InChI is InChI=1S/C32H49NO9/c1-6-18(3)25(35)41-24-11-12-26(4)19-8-9-20-28(37)13-23(34)31(39)21(29(28,38)16-30(20,26)42-32(19,24)40)15-33-14-17(2)7-10-22(33)27(31,5)36/h6,17,19-24,34,36-40H,7-16H2,1-5H3/b18-6-/t17?,19?,20?,21?,22?,23?,24-,26?,27?,28?,29?,30?,31?,32?/m0/s1.